The van der Waals surface area contributed by atoms with Crippen LogP contribution in [0.3, 0.4) is 0 Å². The first-order valence-corrected chi connectivity index (χ1v) is 6.78. The predicted molar refractivity (Wildman–Crippen MR) is 79.4 cm³/mol. The van der Waals surface area contributed by atoms with Gasteiger partial charge in [-0.25, -0.2) is 0 Å². The van der Waals surface area contributed by atoms with Crippen LogP contribution in [0.2, 0.25) is 0 Å². The Bertz CT molecular complexity index is 629. The molecule has 0 saturated carbocycles. The van der Waals surface area contributed by atoms with Gasteiger partial charge >= 0.3 is 0 Å². The van der Waals surface area contributed by atoms with E-state index in [1.807, 2.05) is 56.8 Å². The van der Waals surface area contributed by atoms with Gasteiger partial charge in [0.15, 0.2) is 0 Å². The number of nitrogens with zero attached hydrogens (tertiary/aromatic N) is 2. The van der Waals surface area contributed by atoms with Gasteiger partial charge in [0.05, 0.1) is 12.1 Å². The van der Waals surface area contributed by atoms with E-state index in [0.717, 1.165) is 22.5 Å². The van der Waals surface area contributed by atoms with Crippen molar-refractivity contribution in [1.82, 2.24) is 15.1 Å². The summed E-state index contributed by atoms with van der Waals surface area (Å²) in [6.07, 6.45) is 0.417. The molecule has 0 bridgehead atoms. The van der Waals surface area contributed by atoms with Crippen molar-refractivity contribution in [3.63, 3.8) is 0 Å². The quantitative estimate of drug-likeness (QED) is 0.926. The molecule has 0 spiro atoms. The second-order valence-electron chi connectivity index (χ2n) is 5.22. The van der Waals surface area contributed by atoms with E-state index in [2.05, 4.69) is 10.4 Å². The van der Waals surface area contributed by atoms with Crippen molar-refractivity contribution >= 4 is 5.91 Å². The highest BCUT2D eigenvalue weighted by Gasteiger charge is 2.10. The molecule has 0 aliphatic heterocycles. The molecule has 4 nitrogen and oxygen atoms in total. The number of hydrogen-bond acceptors (Lipinski definition) is 2. The minimum Gasteiger partial charge on any atom is -0.352 e. The van der Waals surface area contributed by atoms with Crippen LogP contribution < -0.4 is 5.32 Å². The van der Waals surface area contributed by atoms with Gasteiger partial charge in [0.1, 0.15) is 0 Å². The van der Waals surface area contributed by atoms with E-state index in [9.17, 15) is 4.79 Å². The molecule has 1 amide bonds. The fourth-order valence-electron chi connectivity index (χ4n) is 2.33. The number of rotatable bonds is 4. The summed E-state index contributed by atoms with van der Waals surface area (Å²) in [7, 11) is 1.92. The number of carbonyl (C=O) groups excluding carboxylic acids is 1. The molecular weight excluding hydrogens is 250 g/mol. The van der Waals surface area contributed by atoms with Gasteiger partial charge < -0.3 is 5.32 Å². The summed E-state index contributed by atoms with van der Waals surface area (Å²) in [4.78, 5) is 12.0. The molecule has 4 heteroatoms. The Morgan fingerprint density at radius 2 is 2.05 bits per heavy atom. The highest BCUT2D eigenvalue weighted by molar-refractivity contribution is 5.78. The molecule has 0 aliphatic rings. The Hall–Kier alpha value is -2.10. The van der Waals surface area contributed by atoms with E-state index in [1.165, 1.54) is 5.56 Å². The first-order valence-electron chi connectivity index (χ1n) is 6.78. The normalized spacial score (nSPS) is 10.6. The molecule has 106 valence electrons. The van der Waals surface area contributed by atoms with E-state index < -0.39 is 0 Å². The van der Waals surface area contributed by atoms with Gasteiger partial charge in [-0.15, -0.1) is 0 Å². The van der Waals surface area contributed by atoms with Crippen LogP contribution in [-0.4, -0.2) is 15.7 Å². The van der Waals surface area contributed by atoms with Crippen LogP contribution in [0, 0.1) is 20.8 Å². The van der Waals surface area contributed by atoms with Crippen molar-refractivity contribution in [3.05, 3.63) is 52.3 Å². The van der Waals surface area contributed by atoms with Crippen molar-refractivity contribution < 1.29 is 4.79 Å². The number of carbonyl (C=O) groups is 1. The van der Waals surface area contributed by atoms with E-state index >= 15 is 0 Å². The van der Waals surface area contributed by atoms with Crippen LogP contribution in [0.25, 0.3) is 0 Å². The second kappa shape index (κ2) is 5.90. The number of hydrogen-bond donors (Lipinski definition) is 1. The van der Waals surface area contributed by atoms with Crippen LogP contribution >= 0.6 is 0 Å². The topological polar surface area (TPSA) is 46.9 Å². The largest absolute Gasteiger partial charge is 0.352 e. The van der Waals surface area contributed by atoms with Gasteiger partial charge in [-0.05, 0) is 26.3 Å². The third-order valence-corrected chi connectivity index (χ3v) is 3.57. The molecule has 0 saturated heterocycles. The van der Waals surface area contributed by atoms with E-state index in [0.29, 0.717) is 13.0 Å². The average molecular weight is 271 g/mol. The fraction of sp³-hybridized carbons (Fsp3) is 0.375. The molecule has 0 aliphatic carbocycles. The van der Waals surface area contributed by atoms with Crippen molar-refractivity contribution in [2.24, 2.45) is 7.05 Å². The lowest BCUT2D eigenvalue weighted by molar-refractivity contribution is -0.120. The summed E-state index contributed by atoms with van der Waals surface area (Å²) < 4.78 is 1.84. The number of benzene rings is 1. The Morgan fingerprint density at radius 1 is 1.30 bits per heavy atom. The van der Waals surface area contributed by atoms with Crippen LogP contribution in [0.1, 0.15) is 28.1 Å². The maximum atomic E-state index is 12.0. The zero-order valence-electron chi connectivity index (χ0n) is 12.5. The summed E-state index contributed by atoms with van der Waals surface area (Å²) in [6.45, 7) is 6.55. The van der Waals surface area contributed by atoms with Gasteiger partial charge in [0.25, 0.3) is 0 Å². The van der Waals surface area contributed by atoms with Crippen LogP contribution in [0.4, 0.5) is 0 Å². The summed E-state index contributed by atoms with van der Waals surface area (Å²) >= 11 is 0. The second-order valence-corrected chi connectivity index (χ2v) is 5.22. The van der Waals surface area contributed by atoms with E-state index in [4.69, 9.17) is 0 Å². The highest BCUT2D eigenvalue weighted by Crippen LogP contribution is 2.11. The van der Waals surface area contributed by atoms with Crippen LogP contribution in [-0.2, 0) is 24.8 Å². The van der Waals surface area contributed by atoms with Gasteiger partial charge in [0.2, 0.25) is 5.91 Å². The lowest BCUT2D eigenvalue weighted by Gasteiger charge is -2.06. The number of nitrogens with one attached hydrogen (secondary N) is 1. The lowest BCUT2D eigenvalue weighted by Crippen LogP contribution is -2.25. The zero-order chi connectivity index (χ0) is 14.7. The Balaban J connectivity index is 1.96. The molecular formula is C16H21N3O. The number of aryl methyl sites for hydroxylation is 3. The molecule has 0 unspecified atom stereocenters. The van der Waals surface area contributed by atoms with Crippen molar-refractivity contribution in [1.29, 1.82) is 0 Å². The fourth-order valence-corrected chi connectivity index (χ4v) is 2.33. The summed E-state index contributed by atoms with van der Waals surface area (Å²) in [5.41, 5.74) is 5.39. The zero-order valence-corrected chi connectivity index (χ0v) is 12.5. The van der Waals surface area contributed by atoms with E-state index in [1.54, 1.807) is 0 Å². The third kappa shape index (κ3) is 3.26. The Labute approximate surface area is 119 Å². The van der Waals surface area contributed by atoms with Gasteiger partial charge in [-0.1, -0.05) is 29.8 Å². The summed E-state index contributed by atoms with van der Waals surface area (Å²) in [5, 5.41) is 7.32. The molecule has 1 aromatic heterocycles. The predicted octanol–water partition coefficient (Wildman–Crippen LogP) is 2.20. The number of aromatic nitrogens is 2. The lowest BCUT2D eigenvalue weighted by atomic mass is 10.1. The van der Waals surface area contributed by atoms with Crippen molar-refractivity contribution in [2.75, 3.05) is 0 Å². The molecule has 1 heterocycles. The monoisotopic (exact) mass is 271 g/mol. The SMILES string of the molecule is Cc1cccc(CC(=O)NCc2c(C)nn(C)c2C)c1. The van der Waals surface area contributed by atoms with Gasteiger partial charge in [0, 0.05) is 24.8 Å². The summed E-state index contributed by atoms with van der Waals surface area (Å²) in [5.74, 6) is 0.0400. The van der Waals surface area contributed by atoms with Crippen molar-refractivity contribution in [3.8, 4) is 0 Å². The first kappa shape index (κ1) is 14.3. The number of amides is 1. The van der Waals surface area contributed by atoms with E-state index in [-0.39, 0.29) is 5.91 Å². The maximum absolute atomic E-state index is 12.0. The molecule has 1 aromatic carbocycles. The molecule has 2 rings (SSSR count). The van der Waals surface area contributed by atoms with Gasteiger partial charge in [-0.2, -0.15) is 5.10 Å². The minimum atomic E-state index is 0.0400. The Morgan fingerprint density at radius 3 is 2.65 bits per heavy atom. The molecule has 0 atom stereocenters. The smallest absolute Gasteiger partial charge is 0.224 e. The third-order valence-electron chi connectivity index (χ3n) is 3.57. The summed E-state index contributed by atoms with van der Waals surface area (Å²) in [6, 6.07) is 8.03. The van der Waals surface area contributed by atoms with Crippen LogP contribution in [0.15, 0.2) is 24.3 Å². The van der Waals surface area contributed by atoms with Crippen LogP contribution in [0.5, 0.6) is 0 Å². The highest BCUT2D eigenvalue weighted by atomic mass is 16.1. The molecule has 2 aromatic rings. The van der Waals surface area contributed by atoms with Crippen molar-refractivity contribution in [2.45, 2.75) is 33.7 Å². The minimum absolute atomic E-state index is 0.0400. The average Bonchev–Trinajstić information content (AvgIpc) is 2.61. The maximum Gasteiger partial charge on any atom is 0.224 e. The molecule has 0 fully saturated rings. The first-order chi connectivity index (χ1) is 9.47. The molecule has 0 radical (unpaired) electrons. The molecule has 20 heavy (non-hydrogen) atoms. The standard InChI is InChI=1S/C16H21N3O/c1-11-6-5-7-14(8-11)9-16(20)17-10-15-12(2)18-19(4)13(15)3/h5-8H,9-10H2,1-4H3,(H,17,20). The Kier molecular flexibility index (Phi) is 4.23. The molecule has 1 N–H and O–H groups in total. The van der Waals surface area contributed by atoms with Gasteiger partial charge in [-0.3, -0.25) is 9.48 Å².